The first kappa shape index (κ1) is 7.14. The van der Waals surface area contributed by atoms with Gasteiger partial charge in [0.25, 0.3) is 0 Å². The van der Waals surface area contributed by atoms with Crippen LogP contribution in [-0.2, 0) is 9.53 Å². The minimum Gasteiger partial charge on any atom is -0.465 e. The molecule has 1 aliphatic heterocycles. The summed E-state index contributed by atoms with van der Waals surface area (Å²) in [7, 11) is 0. The second kappa shape index (κ2) is 2.50. The molecule has 0 aromatic heterocycles. The molecule has 0 amide bonds. The van der Waals surface area contributed by atoms with Crippen molar-refractivity contribution in [3.05, 3.63) is 0 Å². The molecule has 1 aliphatic carbocycles. The molecule has 11 heavy (non-hydrogen) atoms. The van der Waals surface area contributed by atoms with Gasteiger partial charge in [-0.2, -0.15) is 0 Å². The van der Waals surface area contributed by atoms with Crippen molar-refractivity contribution < 1.29 is 9.53 Å². The van der Waals surface area contributed by atoms with Crippen molar-refractivity contribution in [1.29, 1.82) is 0 Å². The minimum absolute atomic E-state index is 0.0573. The number of ether oxygens (including phenoxy) is 1. The van der Waals surface area contributed by atoms with Gasteiger partial charge in [-0.3, -0.25) is 4.79 Å². The molecule has 1 saturated heterocycles. The van der Waals surface area contributed by atoms with Crippen LogP contribution in [0.4, 0.5) is 0 Å². The first-order chi connectivity index (χ1) is 5.27. The molecule has 1 saturated carbocycles. The Balaban J connectivity index is 2.06. The average molecular weight is 154 g/mol. The Kier molecular flexibility index (Phi) is 1.63. The van der Waals surface area contributed by atoms with Gasteiger partial charge in [0, 0.05) is 5.92 Å². The van der Waals surface area contributed by atoms with Crippen LogP contribution in [-0.4, -0.2) is 12.6 Å². The molecule has 62 valence electrons. The van der Waals surface area contributed by atoms with Crippen LogP contribution in [0.5, 0.6) is 0 Å². The molecule has 0 N–H and O–H groups in total. The summed E-state index contributed by atoms with van der Waals surface area (Å²) in [6.45, 7) is 2.95. The number of carbonyl (C=O) groups is 1. The van der Waals surface area contributed by atoms with E-state index in [2.05, 4.69) is 6.92 Å². The third-order valence-electron chi connectivity index (χ3n) is 2.99. The number of hydrogen-bond acceptors (Lipinski definition) is 2. The molecule has 2 rings (SSSR count). The topological polar surface area (TPSA) is 26.3 Å². The van der Waals surface area contributed by atoms with E-state index in [4.69, 9.17) is 4.74 Å². The lowest BCUT2D eigenvalue weighted by Gasteiger charge is -2.25. The van der Waals surface area contributed by atoms with Gasteiger partial charge in [-0.15, -0.1) is 0 Å². The summed E-state index contributed by atoms with van der Waals surface area (Å²) in [6.07, 6.45) is 3.46. The largest absolute Gasteiger partial charge is 0.465 e. The SMILES string of the molecule is CC1CC[C@@H]2C(=O)OC[C@@H]2C1. The van der Waals surface area contributed by atoms with E-state index in [-0.39, 0.29) is 11.9 Å². The fourth-order valence-corrected chi connectivity index (χ4v) is 2.29. The fraction of sp³-hybridized carbons (Fsp3) is 0.889. The molecule has 0 aromatic rings. The second-order valence-corrected chi connectivity index (χ2v) is 3.91. The highest BCUT2D eigenvalue weighted by atomic mass is 16.5. The highest BCUT2D eigenvalue weighted by Crippen LogP contribution is 2.38. The third-order valence-corrected chi connectivity index (χ3v) is 2.99. The van der Waals surface area contributed by atoms with E-state index in [0.717, 1.165) is 12.3 Å². The second-order valence-electron chi connectivity index (χ2n) is 3.91. The van der Waals surface area contributed by atoms with Gasteiger partial charge in [0.1, 0.15) is 0 Å². The molecule has 0 spiro atoms. The summed E-state index contributed by atoms with van der Waals surface area (Å²) >= 11 is 0. The highest BCUT2D eigenvalue weighted by molar-refractivity contribution is 5.74. The van der Waals surface area contributed by atoms with Gasteiger partial charge < -0.3 is 4.74 Å². The van der Waals surface area contributed by atoms with Crippen LogP contribution in [0.15, 0.2) is 0 Å². The first-order valence-electron chi connectivity index (χ1n) is 4.44. The van der Waals surface area contributed by atoms with Gasteiger partial charge >= 0.3 is 5.97 Å². The van der Waals surface area contributed by atoms with Gasteiger partial charge in [-0.1, -0.05) is 6.92 Å². The molecule has 2 aliphatic rings. The molecule has 0 radical (unpaired) electrons. The van der Waals surface area contributed by atoms with Gasteiger partial charge in [-0.05, 0) is 25.2 Å². The summed E-state index contributed by atoms with van der Waals surface area (Å²) in [5.41, 5.74) is 0. The number of rotatable bonds is 0. The van der Waals surface area contributed by atoms with Crippen LogP contribution in [0.1, 0.15) is 26.2 Å². The normalized spacial score (nSPS) is 43.4. The van der Waals surface area contributed by atoms with E-state index in [0.29, 0.717) is 12.5 Å². The summed E-state index contributed by atoms with van der Waals surface area (Å²) in [6, 6.07) is 0. The molecule has 1 unspecified atom stereocenters. The Morgan fingerprint density at radius 1 is 1.45 bits per heavy atom. The maximum absolute atomic E-state index is 11.1. The van der Waals surface area contributed by atoms with E-state index in [1.54, 1.807) is 0 Å². The number of carbonyl (C=O) groups excluding carboxylic acids is 1. The van der Waals surface area contributed by atoms with Crippen LogP contribution < -0.4 is 0 Å². The van der Waals surface area contributed by atoms with Gasteiger partial charge in [0.05, 0.1) is 12.5 Å². The van der Waals surface area contributed by atoms with Crippen molar-refractivity contribution in [2.24, 2.45) is 17.8 Å². The zero-order valence-electron chi connectivity index (χ0n) is 6.88. The lowest BCUT2D eigenvalue weighted by Crippen LogP contribution is -2.23. The maximum atomic E-state index is 11.1. The average Bonchev–Trinajstić information content (AvgIpc) is 2.32. The Morgan fingerprint density at radius 3 is 3.09 bits per heavy atom. The van der Waals surface area contributed by atoms with Gasteiger partial charge in [0.2, 0.25) is 0 Å². The van der Waals surface area contributed by atoms with Gasteiger partial charge in [0.15, 0.2) is 0 Å². The fourth-order valence-electron chi connectivity index (χ4n) is 2.29. The highest BCUT2D eigenvalue weighted by Gasteiger charge is 2.39. The van der Waals surface area contributed by atoms with E-state index < -0.39 is 0 Å². The van der Waals surface area contributed by atoms with Gasteiger partial charge in [-0.25, -0.2) is 0 Å². The minimum atomic E-state index is 0.0573. The third kappa shape index (κ3) is 1.15. The molecule has 1 heterocycles. The van der Waals surface area contributed by atoms with E-state index in [9.17, 15) is 4.79 Å². The molecule has 0 aromatic carbocycles. The first-order valence-corrected chi connectivity index (χ1v) is 4.44. The Morgan fingerprint density at radius 2 is 2.27 bits per heavy atom. The molecule has 2 nitrogen and oxygen atoms in total. The molecule has 2 heteroatoms. The van der Waals surface area contributed by atoms with Crippen LogP contribution in [0.2, 0.25) is 0 Å². The zero-order valence-corrected chi connectivity index (χ0v) is 6.88. The number of hydrogen-bond donors (Lipinski definition) is 0. The van der Waals surface area contributed by atoms with Crippen molar-refractivity contribution in [3.63, 3.8) is 0 Å². The standard InChI is InChI=1S/C9H14O2/c1-6-2-3-8-7(4-6)5-11-9(8)10/h6-8H,2-5H2,1H3/t6?,7-,8-/m0/s1. The monoisotopic (exact) mass is 154 g/mol. The molecular weight excluding hydrogens is 140 g/mol. The molecule has 3 atom stereocenters. The Labute approximate surface area is 66.9 Å². The molecular formula is C9H14O2. The van der Waals surface area contributed by atoms with Crippen molar-refractivity contribution in [2.75, 3.05) is 6.61 Å². The van der Waals surface area contributed by atoms with Crippen LogP contribution >= 0.6 is 0 Å². The smallest absolute Gasteiger partial charge is 0.309 e. The lowest BCUT2D eigenvalue weighted by atomic mass is 9.76. The number of fused-ring (bicyclic) bond motifs is 1. The lowest BCUT2D eigenvalue weighted by molar-refractivity contribution is -0.141. The van der Waals surface area contributed by atoms with Crippen molar-refractivity contribution >= 4 is 5.97 Å². The van der Waals surface area contributed by atoms with E-state index >= 15 is 0 Å². The summed E-state index contributed by atoms with van der Waals surface area (Å²) in [5.74, 6) is 1.66. The quantitative estimate of drug-likeness (QED) is 0.495. The van der Waals surface area contributed by atoms with Crippen molar-refractivity contribution in [3.8, 4) is 0 Å². The van der Waals surface area contributed by atoms with Crippen LogP contribution in [0.3, 0.4) is 0 Å². The van der Waals surface area contributed by atoms with Crippen molar-refractivity contribution in [1.82, 2.24) is 0 Å². The van der Waals surface area contributed by atoms with E-state index in [1.807, 2.05) is 0 Å². The Hall–Kier alpha value is -0.530. The summed E-state index contributed by atoms with van der Waals surface area (Å²) < 4.78 is 5.01. The predicted molar refractivity (Wildman–Crippen MR) is 41.0 cm³/mol. The number of esters is 1. The Bertz CT molecular complexity index is 176. The number of cyclic esters (lactones) is 1. The van der Waals surface area contributed by atoms with E-state index in [1.165, 1.54) is 12.8 Å². The summed E-state index contributed by atoms with van der Waals surface area (Å²) in [4.78, 5) is 11.1. The van der Waals surface area contributed by atoms with Crippen LogP contribution in [0.25, 0.3) is 0 Å². The molecule has 2 fully saturated rings. The summed E-state index contributed by atoms with van der Waals surface area (Å²) in [5, 5.41) is 0. The zero-order chi connectivity index (χ0) is 7.84. The van der Waals surface area contributed by atoms with Crippen LogP contribution in [0, 0.1) is 17.8 Å². The maximum Gasteiger partial charge on any atom is 0.309 e. The van der Waals surface area contributed by atoms with Crippen molar-refractivity contribution in [2.45, 2.75) is 26.2 Å². The molecule has 0 bridgehead atoms. The predicted octanol–water partition coefficient (Wildman–Crippen LogP) is 1.60.